The summed E-state index contributed by atoms with van der Waals surface area (Å²) < 4.78 is 26.6. The molecule has 18 heavy (non-hydrogen) atoms. The molecule has 0 aromatic heterocycles. The standard InChI is InChI=1S/C13H14F2N2O/c14-11-2-1-3-12(15)10(11)4-5-13(18)17-8-6-16-7-9-17/h1-5,16H,6-9H2. The van der Waals surface area contributed by atoms with Crippen LogP contribution in [0.25, 0.3) is 6.08 Å². The number of rotatable bonds is 2. The van der Waals surface area contributed by atoms with E-state index in [0.717, 1.165) is 25.2 Å². The predicted molar refractivity (Wildman–Crippen MR) is 64.8 cm³/mol. The third-order valence-electron chi connectivity index (χ3n) is 2.82. The Bertz CT molecular complexity index is 448. The molecule has 0 radical (unpaired) electrons. The van der Waals surface area contributed by atoms with Crippen LogP contribution in [0, 0.1) is 11.6 Å². The van der Waals surface area contributed by atoms with E-state index in [9.17, 15) is 13.6 Å². The normalized spacial score (nSPS) is 16.2. The monoisotopic (exact) mass is 252 g/mol. The molecule has 1 N–H and O–H groups in total. The second-order valence-electron chi connectivity index (χ2n) is 4.04. The predicted octanol–water partition coefficient (Wildman–Crippen LogP) is 1.41. The number of nitrogens with zero attached hydrogens (tertiary/aromatic N) is 1. The van der Waals surface area contributed by atoms with Crippen LogP contribution in [0.15, 0.2) is 24.3 Å². The molecule has 1 saturated heterocycles. The summed E-state index contributed by atoms with van der Waals surface area (Å²) in [6.07, 6.45) is 2.40. The summed E-state index contributed by atoms with van der Waals surface area (Å²) in [7, 11) is 0. The Kier molecular flexibility index (Phi) is 4.04. The average Bonchev–Trinajstić information content (AvgIpc) is 2.39. The van der Waals surface area contributed by atoms with Gasteiger partial charge in [-0.15, -0.1) is 0 Å². The van der Waals surface area contributed by atoms with E-state index in [2.05, 4.69) is 5.32 Å². The van der Waals surface area contributed by atoms with Crippen molar-refractivity contribution < 1.29 is 13.6 Å². The van der Waals surface area contributed by atoms with E-state index in [4.69, 9.17) is 0 Å². The highest BCUT2D eigenvalue weighted by Gasteiger charge is 2.13. The van der Waals surface area contributed by atoms with Crippen molar-refractivity contribution in [2.24, 2.45) is 0 Å². The van der Waals surface area contributed by atoms with E-state index in [0.29, 0.717) is 13.1 Å². The van der Waals surface area contributed by atoms with Crippen LogP contribution in [0.4, 0.5) is 8.78 Å². The van der Waals surface area contributed by atoms with Crippen molar-refractivity contribution >= 4 is 12.0 Å². The summed E-state index contributed by atoms with van der Waals surface area (Å²) in [6.45, 7) is 2.72. The van der Waals surface area contributed by atoms with Crippen molar-refractivity contribution in [3.63, 3.8) is 0 Å². The first kappa shape index (κ1) is 12.7. The van der Waals surface area contributed by atoms with Crippen LogP contribution in [-0.2, 0) is 4.79 Å². The molecule has 96 valence electrons. The number of benzene rings is 1. The van der Waals surface area contributed by atoms with E-state index in [-0.39, 0.29) is 11.5 Å². The molecule has 2 rings (SSSR count). The van der Waals surface area contributed by atoms with Gasteiger partial charge in [-0.1, -0.05) is 6.07 Å². The summed E-state index contributed by atoms with van der Waals surface area (Å²) in [5.41, 5.74) is -0.180. The number of hydrogen-bond acceptors (Lipinski definition) is 2. The molecular formula is C13H14F2N2O. The Morgan fingerprint density at radius 1 is 1.22 bits per heavy atom. The topological polar surface area (TPSA) is 32.3 Å². The van der Waals surface area contributed by atoms with Crippen molar-refractivity contribution in [2.75, 3.05) is 26.2 Å². The van der Waals surface area contributed by atoms with Crippen molar-refractivity contribution in [3.8, 4) is 0 Å². The van der Waals surface area contributed by atoms with E-state index < -0.39 is 11.6 Å². The van der Waals surface area contributed by atoms with Gasteiger partial charge in [0.25, 0.3) is 0 Å². The highest BCUT2D eigenvalue weighted by atomic mass is 19.1. The van der Waals surface area contributed by atoms with Crippen LogP contribution in [-0.4, -0.2) is 37.0 Å². The minimum Gasteiger partial charge on any atom is -0.337 e. The van der Waals surface area contributed by atoms with Gasteiger partial charge in [-0.25, -0.2) is 8.78 Å². The van der Waals surface area contributed by atoms with Gasteiger partial charge in [-0.3, -0.25) is 4.79 Å². The molecule has 5 heteroatoms. The minimum absolute atomic E-state index is 0.180. The molecule has 3 nitrogen and oxygen atoms in total. The molecule has 1 aliphatic heterocycles. The zero-order valence-electron chi connectivity index (χ0n) is 9.83. The lowest BCUT2D eigenvalue weighted by Crippen LogP contribution is -2.45. The van der Waals surface area contributed by atoms with Crippen molar-refractivity contribution in [3.05, 3.63) is 41.5 Å². The summed E-state index contributed by atoms with van der Waals surface area (Å²) in [5, 5.41) is 3.12. The number of amides is 1. The summed E-state index contributed by atoms with van der Waals surface area (Å²) in [4.78, 5) is 13.4. The highest BCUT2D eigenvalue weighted by molar-refractivity contribution is 5.91. The van der Waals surface area contributed by atoms with Gasteiger partial charge in [-0.2, -0.15) is 0 Å². The molecule has 0 spiro atoms. The number of nitrogens with one attached hydrogen (secondary N) is 1. The molecule has 0 saturated carbocycles. The molecule has 1 aliphatic rings. The fourth-order valence-corrected chi connectivity index (χ4v) is 1.82. The maximum absolute atomic E-state index is 13.3. The van der Waals surface area contributed by atoms with Gasteiger partial charge < -0.3 is 10.2 Å². The van der Waals surface area contributed by atoms with E-state index in [1.54, 1.807) is 4.90 Å². The maximum atomic E-state index is 13.3. The van der Waals surface area contributed by atoms with Gasteiger partial charge in [0.05, 0.1) is 0 Å². The van der Waals surface area contributed by atoms with Gasteiger partial charge in [-0.05, 0) is 18.2 Å². The summed E-state index contributed by atoms with van der Waals surface area (Å²) >= 11 is 0. The van der Waals surface area contributed by atoms with Crippen molar-refractivity contribution in [1.82, 2.24) is 10.2 Å². The van der Waals surface area contributed by atoms with Crippen LogP contribution in [0.1, 0.15) is 5.56 Å². The van der Waals surface area contributed by atoms with Crippen molar-refractivity contribution in [2.45, 2.75) is 0 Å². The fraction of sp³-hybridized carbons (Fsp3) is 0.308. The number of carbonyl (C=O) groups excluding carboxylic acids is 1. The molecule has 0 unspecified atom stereocenters. The molecule has 1 aromatic carbocycles. The molecule has 0 bridgehead atoms. The van der Waals surface area contributed by atoms with E-state index >= 15 is 0 Å². The van der Waals surface area contributed by atoms with Gasteiger partial charge in [0.15, 0.2) is 0 Å². The second-order valence-corrected chi connectivity index (χ2v) is 4.04. The van der Waals surface area contributed by atoms with Gasteiger partial charge in [0, 0.05) is 37.8 Å². The lowest BCUT2D eigenvalue weighted by Gasteiger charge is -2.26. The zero-order valence-corrected chi connectivity index (χ0v) is 9.83. The quantitative estimate of drug-likeness (QED) is 0.807. The molecule has 0 atom stereocenters. The van der Waals surface area contributed by atoms with Crippen molar-refractivity contribution in [1.29, 1.82) is 0 Å². The van der Waals surface area contributed by atoms with Crippen LogP contribution >= 0.6 is 0 Å². The first-order valence-corrected chi connectivity index (χ1v) is 5.80. The summed E-state index contributed by atoms with van der Waals surface area (Å²) in [6, 6.07) is 3.62. The first-order valence-electron chi connectivity index (χ1n) is 5.80. The average molecular weight is 252 g/mol. The Hall–Kier alpha value is -1.75. The Labute approximate surface area is 104 Å². The Morgan fingerprint density at radius 2 is 1.83 bits per heavy atom. The van der Waals surface area contributed by atoms with Crippen LogP contribution < -0.4 is 5.32 Å². The molecule has 1 heterocycles. The van der Waals surface area contributed by atoms with Gasteiger partial charge in [0.2, 0.25) is 5.91 Å². The second kappa shape index (κ2) is 5.73. The van der Waals surface area contributed by atoms with E-state index in [1.807, 2.05) is 0 Å². The summed E-state index contributed by atoms with van der Waals surface area (Å²) in [5.74, 6) is -1.56. The van der Waals surface area contributed by atoms with Crippen LogP contribution in [0.3, 0.4) is 0 Å². The third-order valence-corrected chi connectivity index (χ3v) is 2.82. The highest BCUT2D eigenvalue weighted by Crippen LogP contribution is 2.13. The number of halogens is 2. The maximum Gasteiger partial charge on any atom is 0.246 e. The lowest BCUT2D eigenvalue weighted by atomic mass is 10.2. The van der Waals surface area contributed by atoms with E-state index in [1.165, 1.54) is 18.2 Å². The van der Waals surface area contributed by atoms with Gasteiger partial charge in [0.1, 0.15) is 11.6 Å². The Morgan fingerprint density at radius 3 is 2.44 bits per heavy atom. The smallest absolute Gasteiger partial charge is 0.246 e. The number of carbonyl (C=O) groups is 1. The zero-order chi connectivity index (χ0) is 13.0. The largest absolute Gasteiger partial charge is 0.337 e. The third kappa shape index (κ3) is 2.92. The van der Waals surface area contributed by atoms with Crippen LogP contribution in [0.5, 0.6) is 0 Å². The molecular weight excluding hydrogens is 238 g/mol. The molecule has 1 amide bonds. The Balaban J connectivity index is 2.08. The number of piperazine rings is 1. The SMILES string of the molecule is O=C(C=Cc1c(F)cccc1F)N1CCNCC1. The molecule has 0 aliphatic carbocycles. The lowest BCUT2D eigenvalue weighted by molar-refractivity contribution is -0.126. The minimum atomic E-state index is -0.667. The molecule has 1 fully saturated rings. The molecule has 1 aromatic rings. The number of hydrogen-bond donors (Lipinski definition) is 1. The van der Waals surface area contributed by atoms with Crippen LogP contribution in [0.2, 0.25) is 0 Å². The van der Waals surface area contributed by atoms with Gasteiger partial charge >= 0.3 is 0 Å². The fourth-order valence-electron chi connectivity index (χ4n) is 1.82. The first-order chi connectivity index (χ1) is 8.68.